The van der Waals surface area contributed by atoms with E-state index in [2.05, 4.69) is 28.7 Å². The second kappa shape index (κ2) is 7.93. The van der Waals surface area contributed by atoms with Gasteiger partial charge < -0.3 is 14.2 Å². The average molecular weight is 421 g/mol. The lowest BCUT2D eigenvalue weighted by molar-refractivity contribution is -0.155. The van der Waals surface area contributed by atoms with Crippen molar-refractivity contribution in [2.45, 2.75) is 69.4 Å². The number of carbonyl (C=O) groups is 1. The van der Waals surface area contributed by atoms with Crippen LogP contribution in [-0.2, 0) is 19.0 Å². The monoisotopic (exact) mass is 421 g/mol. The summed E-state index contributed by atoms with van der Waals surface area (Å²) in [6.07, 6.45) is 4.92. The summed E-state index contributed by atoms with van der Waals surface area (Å²) in [5.74, 6) is -0.172. The van der Waals surface area contributed by atoms with Gasteiger partial charge in [-0.1, -0.05) is 22.6 Å². The number of fused-ring (bicyclic) bond motifs is 1. The molecule has 0 spiro atoms. The molecule has 0 aromatic carbocycles. The van der Waals surface area contributed by atoms with Gasteiger partial charge in [-0.05, 0) is 32.6 Å². The van der Waals surface area contributed by atoms with Gasteiger partial charge in [0.05, 0.1) is 31.5 Å². The molecule has 2 aliphatic heterocycles. The molecule has 2 saturated heterocycles. The van der Waals surface area contributed by atoms with E-state index in [1.807, 2.05) is 6.92 Å². The molecule has 0 aromatic heterocycles. The molecule has 2 aliphatic rings. The van der Waals surface area contributed by atoms with Crippen LogP contribution in [0.25, 0.3) is 0 Å². The minimum Gasteiger partial charge on any atom is -0.469 e. The fourth-order valence-corrected chi connectivity index (χ4v) is 4.42. The highest BCUT2D eigenvalue weighted by molar-refractivity contribution is 14.1. The van der Waals surface area contributed by atoms with Crippen molar-refractivity contribution < 1.29 is 19.0 Å². The molecule has 5 atom stereocenters. The molecule has 2 fully saturated rings. The van der Waals surface area contributed by atoms with Gasteiger partial charge >= 0.3 is 5.97 Å². The highest BCUT2D eigenvalue weighted by Crippen LogP contribution is 2.44. The van der Waals surface area contributed by atoms with E-state index in [1.165, 1.54) is 7.11 Å². The van der Waals surface area contributed by atoms with Crippen LogP contribution < -0.4 is 0 Å². The number of ether oxygens (including phenoxy) is 3. The zero-order valence-electron chi connectivity index (χ0n) is 13.2. The Morgan fingerprint density at radius 1 is 1.50 bits per heavy atom. The van der Waals surface area contributed by atoms with Gasteiger partial charge in [-0.15, -0.1) is 0 Å². The second-order valence-electron chi connectivity index (χ2n) is 6.35. The molecule has 22 heavy (non-hydrogen) atoms. The quantitative estimate of drug-likeness (QED) is 0.375. The van der Waals surface area contributed by atoms with E-state index < -0.39 is 0 Å². The van der Waals surface area contributed by atoms with Crippen molar-refractivity contribution in [1.82, 2.24) is 0 Å². The predicted molar refractivity (Wildman–Crippen MR) is 89.6 cm³/mol. The Hall–Kier alpha value is -0.390. The van der Waals surface area contributed by atoms with Crippen LogP contribution in [0.1, 0.15) is 45.4 Å². The number of esters is 1. The largest absolute Gasteiger partial charge is 0.469 e. The van der Waals surface area contributed by atoms with Crippen molar-refractivity contribution in [3.63, 3.8) is 0 Å². The molecular formula is C16H24INO4. The third kappa shape index (κ3) is 4.12. The first-order chi connectivity index (χ1) is 10.5. The van der Waals surface area contributed by atoms with Gasteiger partial charge in [0.1, 0.15) is 5.60 Å². The maximum Gasteiger partial charge on any atom is 0.305 e. The van der Waals surface area contributed by atoms with Crippen LogP contribution in [0, 0.1) is 17.2 Å². The third-order valence-corrected chi connectivity index (χ3v) is 5.92. The molecule has 0 aromatic rings. The van der Waals surface area contributed by atoms with Crippen LogP contribution in [-0.4, -0.2) is 41.4 Å². The summed E-state index contributed by atoms with van der Waals surface area (Å²) in [5, 5.41) is 8.99. The second-order valence-corrected chi connectivity index (χ2v) is 7.11. The van der Waals surface area contributed by atoms with E-state index in [1.54, 1.807) is 0 Å². The fraction of sp³-hybridized carbons (Fsp3) is 0.875. The van der Waals surface area contributed by atoms with Gasteiger partial charge in [0, 0.05) is 23.2 Å². The number of alkyl halides is 1. The first kappa shape index (κ1) is 18.0. The number of rotatable bonds is 6. The zero-order chi connectivity index (χ0) is 16.2. The summed E-state index contributed by atoms with van der Waals surface area (Å²) in [4.78, 5) is 11.3. The molecular weight excluding hydrogens is 397 g/mol. The molecule has 124 valence electrons. The summed E-state index contributed by atoms with van der Waals surface area (Å²) in [6, 6.07) is 2.29. The lowest BCUT2D eigenvalue weighted by Gasteiger charge is -2.41. The standard InChI is InChI=1S/C16H24INO4/c1-11(9-18)7-12-3-5-14-16(10-17,22-12)8-13(21-14)4-6-15(19)20-2/h11-14H,3-8,10H2,1-2H3/t11-,12-,13?,14+,16-/m1/s1. The van der Waals surface area contributed by atoms with Crippen molar-refractivity contribution in [3.05, 3.63) is 0 Å². The molecule has 0 radical (unpaired) electrons. The minimum atomic E-state index is -0.251. The average Bonchev–Trinajstić information content (AvgIpc) is 2.90. The Morgan fingerprint density at radius 3 is 2.91 bits per heavy atom. The summed E-state index contributed by atoms with van der Waals surface area (Å²) >= 11 is 2.37. The number of methoxy groups -OCH3 is 1. The molecule has 1 unspecified atom stereocenters. The number of hydrogen-bond donors (Lipinski definition) is 0. The smallest absolute Gasteiger partial charge is 0.305 e. The Labute approximate surface area is 145 Å². The van der Waals surface area contributed by atoms with Crippen LogP contribution in [0.15, 0.2) is 0 Å². The maximum atomic E-state index is 11.3. The van der Waals surface area contributed by atoms with Gasteiger partial charge in [0.2, 0.25) is 0 Å². The predicted octanol–water partition coefficient (Wildman–Crippen LogP) is 3.00. The van der Waals surface area contributed by atoms with Crippen molar-refractivity contribution in [2.75, 3.05) is 11.5 Å². The van der Waals surface area contributed by atoms with E-state index in [4.69, 9.17) is 19.5 Å². The van der Waals surface area contributed by atoms with Crippen LogP contribution >= 0.6 is 22.6 Å². The van der Waals surface area contributed by atoms with Gasteiger partial charge in [-0.3, -0.25) is 4.79 Å². The fourth-order valence-electron chi connectivity index (χ4n) is 3.44. The SMILES string of the molecule is COC(=O)CCC1C[C@]2(CI)O[C@@H](C[C@@H](C)C#N)CC[C@@H]2O1. The summed E-state index contributed by atoms with van der Waals surface area (Å²) in [5.41, 5.74) is -0.251. The highest BCUT2D eigenvalue weighted by Gasteiger charge is 2.52. The molecule has 0 N–H and O–H groups in total. The van der Waals surface area contributed by atoms with Crippen LogP contribution in [0.4, 0.5) is 0 Å². The van der Waals surface area contributed by atoms with Gasteiger partial charge in [0.25, 0.3) is 0 Å². The summed E-state index contributed by atoms with van der Waals surface area (Å²) < 4.78 is 18.1. The maximum absolute atomic E-state index is 11.3. The Morgan fingerprint density at radius 2 is 2.27 bits per heavy atom. The molecule has 0 aliphatic carbocycles. The first-order valence-electron chi connectivity index (χ1n) is 7.88. The topological polar surface area (TPSA) is 68.5 Å². The van der Waals surface area contributed by atoms with Gasteiger partial charge in [-0.2, -0.15) is 5.26 Å². The number of nitrogens with zero attached hydrogens (tertiary/aromatic N) is 1. The van der Waals surface area contributed by atoms with E-state index in [0.717, 1.165) is 30.1 Å². The lowest BCUT2D eigenvalue weighted by atomic mass is 9.86. The van der Waals surface area contributed by atoms with Crippen molar-refractivity contribution in [3.8, 4) is 6.07 Å². The molecule has 0 amide bonds. The van der Waals surface area contributed by atoms with E-state index >= 15 is 0 Å². The molecule has 2 heterocycles. The van der Waals surface area contributed by atoms with E-state index in [-0.39, 0.29) is 35.8 Å². The molecule has 0 bridgehead atoms. The Balaban J connectivity index is 1.94. The Kier molecular flexibility index (Phi) is 6.47. The first-order valence-corrected chi connectivity index (χ1v) is 9.41. The zero-order valence-corrected chi connectivity index (χ0v) is 15.4. The summed E-state index contributed by atoms with van der Waals surface area (Å²) in [6.45, 7) is 1.94. The Bertz CT molecular complexity index is 438. The van der Waals surface area contributed by atoms with Crippen molar-refractivity contribution in [2.24, 2.45) is 5.92 Å². The summed E-state index contributed by atoms with van der Waals surface area (Å²) in [7, 11) is 1.41. The van der Waals surface area contributed by atoms with E-state index in [0.29, 0.717) is 12.8 Å². The molecule has 6 heteroatoms. The van der Waals surface area contributed by atoms with Gasteiger partial charge in [0.15, 0.2) is 0 Å². The number of halogens is 1. The van der Waals surface area contributed by atoms with Crippen LogP contribution in [0.2, 0.25) is 0 Å². The minimum absolute atomic E-state index is 0.0188. The molecule has 5 nitrogen and oxygen atoms in total. The van der Waals surface area contributed by atoms with E-state index in [9.17, 15) is 4.79 Å². The number of carbonyl (C=O) groups excluding carboxylic acids is 1. The normalized spacial score (nSPS) is 35.5. The third-order valence-electron chi connectivity index (χ3n) is 4.63. The van der Waals surface area contributed by atoms with Crippen LogP contribution in [0.5, 0.6) is 0 Å². The van der Waals surface area contributed by atoms with Gasteiger partial charge in [-0.25, -0.2) is 0 Å². The van der Waals surface area contributed by atoms with Crippen LogP contribution in [0.3, 0.4) is 0 Å². The van der Waals surface area contributed by atoms with Crippen molar-refractivity contribution >= 4 is 28.6 Å². The molecule has 2 rings (SSSR count). The number of hydrogen-bond acceptors (Lipinski definition) is 5. The lowest BCUT2D eigenvalue weighted by Crippen LogP contribution is -2.50. The number of nitriles is 1. The molecule has 0 saturated carbocycles. The highest BCUT2D eigenvalue weighted by atomic mass is 127. The van der Waals surface area contributed by atoms with Crippen molar-refractivity contribution in [1.29, 1.82) is 5.26 Å².